The minimum absolute atomic E-state index is 0.118. The maximum Gasteiger partial charge on any atom is 0.279 e. The largest absolute Gasteiger partial charge is 0.350 e. The Bertz CT molecular complexity index is 747. The number of aryl methyl sites for hydroxylation is 2. The number of amides is 1. The predicted octanol–water partition coefficient (Wildman–Crippen LogP) is 2.82. The number of hydrogen-bond acceptors (Lipinski definition) is 1. The number of rotatable bonds is 5. The lowest BCUT2D eigenvalue weighted by Gasteiger charge is -2.22. The van der Waals surface area contributed by atoms with Crippen molar-refractivity contribution < 1.29 is 9.69 Å². The normalized spacial score (nSPS) is 20.2. The van der Waals surface area contributed by atoms with Crippen LogP contribution in [-0.2, 0) is 11.8 Å². The number of benzene rings is 1. The molecule has 1 aliphatic heterocycles. The molecule has 3 rings (SSSR count). The van der Waals surface area contributed by atoms with Crippen LogP contribution in [0.4, 0.5) is 5.69 Å². The number of aromatic nitrogens is 1. The fourth-order valence-corrected chi connectivity index (χ4v) is 4.05. The molecule has 0 radical (unpaired) electrons. The molecule has 4 nitrogen and oxygen atoms in total. The van der Waals surface area contributed by atoms with Gasteiger partial charge in [-0.2, -0.15) is 0 Å². The van der Waals surface area contributed by atoms with Gasteiger partial charge in [0.15, 0.2) is 6.54 Å². The molecule has 1 aromatic heterocycles. The van der Waals surface area contributed by atoms with Crippen molar-refractivity contribution in [1.29, 1.82) is 0 Å². The molecule has 1 aliphatic rings. The number of para-hydroxylation sites is 1. The Kier molecular flexibility index (Phi) is 5.28. The highest BCUT2D eigenvalue weighted by Gasteiger charge is 2.33. The van der Waals surface area contributed by atoms with Gasteiger partial charge >= 0.3 is 0 Å². The van der Waals surface area contributed by atoms with E-state index in [1.807, 2.05) is 0 Å². The zero-order valence-corrected chi connectivity index (χ0v) is 15.8. The third kappa shape index (κ3) is 3.79. The van der Waals surface area contributed by atoms with Crippen LogP contribution in [0.3, 0.4) is 0 Å². The number of likely N-dealkylation sites (tertiary alicyclic amines) is 1. The molecule has 1 fully saturated rings. The Balaban J connectivity index is 1.72. The number of carbonyl (C=O) groups is 1. The van der Waals surface area contributed by atoms with Crippen LogP contribution in [0.2, 0.25) is 0 Å². The number of carbonyl (C=O) groups excluding carboxylic acids is 1. The zero-order chi connectivity index (χ0) is 18.0. The first kappa shape index (κ1) is 17.7. The number of anilines is 1. The Hall–Kier alpha value is -2.07. The van der Waals surface area contributed by atoms with E-state index in [0.717, 1.165) is 24.2 Å². The summed E-state index contributed by atoms with van der Waals surface area (Å²) in [4.78, 5) is 14.1. The molecule has 1 unspecified atom stereocenters. The van der Waals surface area contributed by atoms with Gasteiger partial charge in [-0.1, -0.05) is 32.0 Å². The molecule has 2 aromatic rings. The first-order chi connectivity index (χ1) is 12.0. The third-order valence-corrected chi connectivity index (χ3v) is 5.40. The Labute approximate surface area is 150 Å². The van der Waals surface area contributed by atoms with E-state index in [4.69, 9.17) is 0 Å². The van der Waals surface area contributed by atoms with Crippen molar-refractivity contribution in [1.82, 2.24) is 4.57 Å². The van der Waals surface area contributed by atoms with Crippen molar-refractivity contribution in [3.8, 4) is 0 Å². The molecule has 25 heavy (non-hydrogen) atoms. The molecule has 1 aromatic carbocycles. The average Bonchev–Trinajstić information content (AvgIpc) is 3.17. The van der Waals surface area contributed by atoms with Crippen LogP contribution in [-0.4, -0.2) is 23.6 Å². The summed E-state index contributed by atoms with van der Waals surface area (Å²) in [6.07, 6.45) is 4.43. The molecule has 2 atom stereocenters. The lowest BCUT2D eigenvalue weighted by atomic mass is 9.98. The predicted molar refractivity (Wildman–Crippen MR) is 102 cm³/mol. The van der Waals surface area contributed by atoms with E-state index in [-0.39, 0.29) is 5.91 Å². The van der Waals surface area contributed by atoms with Gasteiger partial charge in [-0.05, 0) is 36.1 Å². The van der Waals surface area contributed by atoms with E-state index in [1.54, 1.807) is 0 Å². The molecular weight excluding hydrogens is 310 g/mol. The highest BCUT2D eigenvalue weighted by atomic mass is 16.2. The van der Waals surface area contributed by atoms with Gasteiger partial charge in [-0.3, -0.25) is 4.79 Å². The number of quaternary nitrogens is 1. The standard InChI is InChI=1S/C21H29N3O/c1-15(2)17-9-5-8-16(3)21(17)22-20(25)14-24-13-7-11-19(24)18-10-6-12-23(18)4/h5-6,8-10,12,15,19H,7,11,13-14H2,1-4H3,(H,22,25)/p+1/t19-/m1/s1. The molecule has 0 bridgehead atoms. The topological polar surface area (TPSA) is 38.5 Å². The summed E-state index contributed by atoms with van der Waals surface area (Å²) >= 11 is 0. The molecule has 2 N–H and O–H groups in total. The summed E-state index contributed by atoms with van der Waals surface area (Å²) in [7, 11) is 2.09. The average molecular weight is 340 g/mol. The first-order valence-electron chi connectivity index (χ1n) is 9.32. The van der Waals surface area contributed by atoms with Gasteiger partial charge in [0.25, 0.3) is 5.91 Å². The Morgan fingerprint density at radius 3 is 2.80 bits per heavy atom. The molecule has 1 saturated heterocycles. The van der Waals surface area contributed by atoms with E-state index in [0.29, 0.717) is 18.5 Å². The molecule has 1 amide bonds. The van der Waals surface area contributed by atoms with Crippen molar-refractivity contribution in [2.24, 2.45) is 7.05 Å². The number of hydrogen-bond donors (Lipinski definition) is 2. The van der Waals surface area contributed by atoms with E-state index >= 15 is 0 Å². The van der Waals surface area contributed by atoms with Crippen LogP contribution in [0.25, 0.3) is 0 Å². The fraction of sp³-hybridized carbons (Fsp3) is 0.476. The molecule has 4 heteroatoms. The fourth-order valence-electron chi connectivity index (χ4n) is 4.05. The summed E-state index contributed by atoms with van der Waals surface area (Å²) < 4.78 is 2.19. The van der Waals surface area contributed by atoms with Crippen LogP contribution in [0.5, 0.6) is 0 Å². The molecule has 0 aliphatic carbocycles. The van der Waals surface area contributed by atoms with Crippen molar-refractivity contribution in [3.05, 3.63) is 53.3 Å². The second-order valence-corrected chi connectivity index (χ2v) is 7.57. The maximum absolute atomic E-state index is 12.8. The van der Waals surface area contributed by atoms with Crippen molar-refractivity contribution in [3.63, 3.8) is 0 Å². The number of nitrogens with zero attached hydrogens (tertiary/aromatic N) is 1. The SMILES string of the molecule is Cc1cccc(C(C)C)c1NC(=O)C[NH+]1CCC[C@@H]1c1cccn1C. The van der Waals surface area contributed by atoms with Gasteiger partial charge in [0.2, 0.25) is 0 Å². The van der Waals surface area contributed by atoms with E-state index < -0.39 is 0 Å². The lowest BCUT2D eigenvalue weighted by Crippen LogP contribution is -3.11. The first-order valence-corrected chi connectivity index (χ1v) is 9.32. The quantitative estimate of drug-likeness (QED) is 0.863. The summed E-state index contributed by atoms with van der Waals surface area (Å²) in [6.45, 7) is 8.00. The lowest BCUT2D eigenvalue weighted by molar-refractivity contribution is -0.910. The van der Waals surface area contributed by atoms with Crippen molar-refractivity contribution in [2.45, 2.75) is 45.6 Å². The minimum atomic E-state index is 0.118. The summed E-state index contributed by atoms with van der Waals surface area (Å²) in [5, 5.41) is 3.20. The third-order valence-electron chi connectivity index (χ3n) is 5.40. The van der Waals surface area contributed by atoms with Crippen molar-refractivity contribution >= 4 is 11.6 Å². The van der Waals surface area contributed by atoms with Crippen LogP contribution in [0.1, 0.15) is 55.5 Å². The second kappa shape index (κ2) is 7.44. The van der Waals surface area contributed by atoms with E-state index in [9.17, 15) is 4.79 Å². The molecular formula is C21H30N3O+. The van der Waals surface area contributed by atoms with E-state index in [2.05, 4.69) is 74.2 Å². The van der Waals surface area contributed by atoms with Crippen LogP contribution < -0.4 is 10.2 Å². The Morgan fingerprint density at radius 1 is 1.32 bits per heavy atom. The minimum Gasteiger partial charge on any atom is -0.350 e. The molecule has 2 heterocycles. The summed E-state index contributed by atoms with van der Waals surface area (Å²) in [6, 6.07) is 10.9. The molecule has 0 spiro atoms. The van der Waals surface area contributed by atoms with Crippen LogP contribution in [0.15, 0.2) is 36.5 Å². The van der Waals surface area contributed by atoms with Gasteiger partial charge in [0.05, 0.1) is 12.2 Å². The number of nitrogens with one attached hydrogen (secondary N) is 2. The maximum atomic E-state index is 12.8. The zero-order valence-electron chi connectivity index (χ0n) is 15.8. The van der Waals surface area contributed by atoms with Gasteiger partial charge in [0.1, 0.15) is 6.04 Å². The van der Waals surface area contributed by atoms with Gasteiger partial charge in [-0.15, -0.1) is 0 Å². The highest BCUT2D eigenvalue weighted by molar-refractivity contribution is 5.93. The Morgan fingerprint density at radius 2 is 2.12 bits per heavy atom. The van der Waals surface area contributed by atoms with Crippen molar-refractivity contribution in [2.75, 3.05) is 18.4 Å². The van der Waals surface area contributed by atoms with E-state index in [1.165, 1.54) is 22.6 Å². The van der Waals surface area contributed by atoms with Gasteiger partial charge < -0.3 is 14.8 Å². The van der Waals surface area contributed by atoms with Crippen LogP contribution in [0, 0.1) is 6.92 Å². The monoisotopic (exact) mass is 340 g/mol. The highest BCUT2D eigenvalue weighted by Crippen LogP contribution is 2.27. The smallest absolute Gasteiger partial charge is 0.279 e. The second-order valence-electron chi connectivity index (χ2n) is 7.57. The summed E-state index contributed by atoms with van der Waals surface area (Å²) in [5.74, 6) is 0.512. The summed E-state index contributed by atoms with van der Waals surface area (Å²) in [5.41, 5.74) is 4.68. The molecule has 0 saturated carbocycles. The van der Waals surface area contributed by atoms with Gasteiger partial charge in [-0.25, -0.2) is 0 Å². The van der Waals surface area contributed by atoms with Gasteiger partial charge in [0, 0.05) is 31.8 Å². The van der Waals surface area contributed by atoms with Crippen LogP contribution >= 0.6 is 0 Å². The molecule has 134 valence electrons.